The summed E-state index contributed by atoms with van der Waals surface area (Å²) < 4.78 is 5.04. The fraction of sp³-hybridized carbons (Fsp3) is 0.667. The summed E-state index contributed by atoms with van der Waals surface area (Å²) in [6, 6.07) is 1.74. The molecule has 0 aliphatic carbocycles. The molecule has 0 atom stereocenters. The molecule has 18 heavy (non-hydrogen) atoms. The van der Waals surface area contributed by atoms with Crippen LogP contribution in [0.2, 0.25) is 0 Å². The van der Waals surface area contributed by atoms with Crippen LogP contribution in [0.5, 0.6) is 5.88 Å². The zero-order chi connectivity index (χ0) is 13.4. The Morgan fingerprint density at radius 1 is 1.33 bits per heavy atom. The highest BCUT2D eigenvalue weighted by Gasteiger charge is 2.03. The molecular formula is C12H23N5O. The summed E-state index contributed by atoms with van der Waals surface area (Å²) in [7, 11) is 1.56. The van der Waals surface area contributed by atoms with Gasteiger partial charge in [0.05, 0.1) is 7.11 Å². The zero-order valence-electron chi connectivity index (χ0n) is 11.4. The van der Waals surface area contributed by atoms with E-state index in [1.54, 1.807) is 13.2 Å². The molecule has 102 valence electrons. The van der Waals surface area contributed by atoms with E-state index in [2.05, 4.69) is 34.0 Å². The number of hydrogen-bond donors (Lipinski definition) is 2. The molecule has 6 heteroatoms. The molecule has 3 N–H and O–H groups in total. The number of nitrogen functional groups attached to an aromatic ring is 1. The highest BCUT2D eigenvalue weighted by molar-refractivity contribution is 5.42. The molecule has 0 spiro atoms. The van der Waals surface area contributed by atoms with Crippen molar-refractivity contribution in [2.75, 3.05) is 44.3 Å². The van der Waals surface area contributed by atoms with Crippen molar-refractivity contribution in [3.05, 3.63) is 6.07 Å². The van der Waals surface area contributed by atoms with Crippen molar-refractivity contribution in [1.29, 1.82) is 0 Å². The highest BCUT2D eigenvalue weighted by atomic mass is 16.5. The second-order valence-electron chi connectivity index (χ2n) is 4.01. The van der Waals surface area contributed by atoms with Gasteiger partial charge in [-0.3, -0.25) is 0 Å². The summed E-state index contributed by atoms with van der Waals surface area (Å²) in [5.41, 5.74) is 5.59. The molecule has 1 rings (SSSR count). The molecule has 0 bridgehead atoms. The van der Waals surface area contributed by atoms with Crippen LogP contribution in [0, 0.1) is 0 Å². The number of nitrogens with two attached hydrogens (primary N) is 1. The van der Waals surface area contributed by atoms with Crippen LogP contribution in [0.1, 0.15) is 20.3 Å². The first-order valence-electron chi connectivity index (χ1n) is 6.34. The van der Waals surface area contributed by atoms with Gasteiger partial charge in [-0.05, 0) is 19.5 Å². The zero-order valence-corrected chi connectivity index (χ0v) is 11.4. The lowest BCUT2D eigenvalue weighted by atomic mass is 10.4. The van der Waals surface area contributed by atoms with Gasteiger partial charge in [-0.2, -0.15) is 9.97 Å². The summed E-state index contributed by atoms with van der Waals surface area (Å²) in [6.07, 6.45) is 1.17. The minimum absolute atomic E-state index is 0.220. The van der Waals surface area contributed by atoms with Crippen molar-refractivity contribution in [3.8, 4) is 5.88 Å². The van der Waals surface area contributed by atoms with Gasteiger partial charge >= 0.3 is 0 Å². The number of aromatic nitrogens is 2. The molecule has 0 saturated carbocycles. The number of rotatable bonds is 8. The molecule has 1 aromatic heterocycles. The maximum atomic E-state index is 5.59. The fourth-order valence-corrected chi connectivity index (χ4v) is 1.72. The number of anilines is 2. The standard InChI is InChI=1S/C12H23N5O/c1-4-7-17(5-2)8-6-14-10-9-11(18-3)16-12(13)15-10/h9H,4-8H2,1-3H3,(H3,13,14,15,16). The van der Waals surface area contributed by atoms with Crippen LogP contribution in [-0.4, -0.2) is 48.2 Å². The van der Waals surface area contributed by atoms with Crippen LogP contribution >= 0.6 is 0 Å². The molecule has 0 saturated heterocycles. The number of nitrogens with one attached hydrogen (secondary N) is 1. The van der Waals surface area contributed by atoms with Crippen LogP contribution in [0.4, 0.5) is 11.8 Å². The van der Waals surface area contributed by atoms with Gasteiger partial charge in [0.1, 0.15) is 5.82 Å². The SMILES string of the molecule is CCCN(CC)CCNc1cc(OC)nc(N)n1. The quantitative estimate of drug-likeness (QED) is 0.725. The van der Waals surface area contributed by atoms with E-state index >= 15 is 0 Å². The molecule has 0 amide bonds. The van der Waals surface area contributed by atoms with E-state index in [9.17, 15) is 0 Å². The minimum atomic E-state index is 0.220. The Labute approximate surface area is 109 Å². The third-order valence-electron chi connectivity index (χ3n) is 2.65. The number of methoxy groups -OCH3 is 1. The Morgan fingerprint density at radius 3 is 2.72 bits per heavy atom. The summed E-state index contributed by atoms with van der Waals surface area (Å²) in [4.78, 5) is 10.4. The van der Waals surface area contributed by atoms with Crippen LogP contribution in [-0.2, 0) is 0 Å². The maximum absolute atomic E-state index is 5.59. The first-order valence-corrected chi connectivity index (χ1v) is 6.34. The van der Waals surface area contributed by atoms with Crippen molar-refractivity contribution < 1.29 is 4.74 Å². The monoisotopic (exact) mass is 253 g/mol. The fourth-order valence-electron chi connectivity index (χ4n) is 1.72. The Hall–Kier alpha value is -1.56. The van der Waals surface area contributed by atoms with Gasteiger partial charge in [0.25, 0.3) is 0 Å². The Balaban J connectivity index is 2.45. The van der Waals surface area contributed by atoms with Gasteiger partial charge in [-0.25, -0.2) is 0 Å². The normalized spacial score (nSPS) is 10.7. The van der Waals surface area contributed by atoms with Crippen molar-refractivity contribution in [3.63, 3.8) is 0 Å². The summed E-state index contributed by atoms with van der Waals surface area (Å²) >= 11 is 0. The average Bonchev–Trinajstić information content (AvgIpc) is 2.37. The van der Waals surface area contributed by atoms with Crippen LogP contribution in [0.25, 0.3) is 0 Å². The van der Waals surface area contributed by atoms with Crippen molar-refractivity contribution >= 4 is 11.8 Å². The average molecular weight is 253 g/mol. The van der Waals surface area contributed by atoms with Crippen molar-refractivity contribution in [2.24, 2.45) is 0 Å². The first kappa shape index (κ1) is 14.5. The number of ether oxygens (including phenoxy) is 1. The third-order valence-corrected chi connectivity index (χ3v) is 2.65. The lowest BCUT2D eigenvalue weighted by molar-refractivity contribution is 0.300. The van der Waals surface area contributed by atoms with Crippen LogP contribution in [0.3, 0.4) is 0 Å². The number of likely N-dealkylation sites (N-methyl/N-ethyl adjacent to an activating group) is 1. The molecule has 0 fully saturated rings. The maximum Gasteiger partial charge on any atom is 0.225 e. The number of nitrogens with zero attached hydrogens (tertiary/aromatic N) is 3. The predicted octanol–water partition coefficient (Wildman–Crippen LogP) is 1.21. The first-order chi connectivity index (χ1) is 8.69. The minimum Gasteiger partial charge on any atom is -0.481 e. The molecule has 1 heterocycles. The van der Waals surface area contributed by atoms with Crippen molar-refractivity contribution in [1.82, 2.24) is 14.9 Å². The second-order valence-corrected chi connectivity index (χ2v) is 4.01. The van der Waals surface area contributed by atoms with Crippen molar-refractivity contribution in [2.45, 2.75) is 20.3 Å². The van der Waals surface area contributed by atoms with Gasteiger partial charge in [-0.1, -0.05) is 13.8 Å². The summed E-state index contributed by atoms with van der Waals surface area (Å²) in [6.45, 7) is 8.34. The van der Waals surface area contributed by atoms with Gasteiger partial charge in [0.2, 0.25) is 11.8 Å². The van der Waals surface area contributed by atoms with Gasteiger partial charge < -0.3 is 20.7 Å². The lowest BCUT2D eigenvalue weighted by Gasteiger charge is -2.19. The molecule has 0 radical (unpaired) electrons. The van der Waals surface area contributed by atoms with E-state index in [1.165, 1.54) is 6.42 Å². The molecule has 6 nitrogen and oxygen atoms in total. The lowest BCUT2D eigenvalue weighted by Crippen LogP contribution is -2.29. The topological polar surface area (TPSA) is 76.3 Å². The Kier molecular flexibility index (Phi) is 6.21. The van der Waals surface area contributed by atoms with E-state index in [1.807, 2.05) is 0 Å². The summed E-state index contributed by atoms with van der Waals surface area (Å²) in [5.74, 6) is 1.40. The molecule has 0 unspecified atom stereocenters. The smallest absolute Gasteiger partial charge is 0.225 e. The third kappa shape index (κ3) is 4.75. The largest absolute Gasteiger partial charge is 0.481 e. The van der Waals surface area contributed by atoms with E-state index in [0.717, 1.165) is 26.2 Å². The molecule has 0 aliphatic rings. The van der Waals surface area contributed by atoms with E-state index in [0.29, 0.717) is 11.7 Å². The van der Waals surface area contributed by atoms with E-state index in [-0.39, 0.29) is 5.95 Å². The van der Waals surface area contributed by atoms with E-state index < -0.39 is 0 Å². The Bertz CT molecular complexity index is 358. The molecule has 1 aromatic rings. The number of hydrogen-bond acceptors (Lipinski definition) is 6. The molecule has 0 aliphatic heterocycles. The van der Waals surface area contributed by atoms with E-state index in [4.69, 9.17) is 10.5 Å². The second kappa shape index (κ2) is 7.71. The molecule has 0 aromatic carbocycles. The van der Waals surface area contributed by atoms with Crippen LogP contribution in [0.15, 0.2) is 6.07 Å². The van der Waals surface area contributed by atoms with Crippen LogP contribution < -0.4 is 15.8 Å². The highest BCUT2D eigenvalue weighted by Crippen LogP contribution is 2.13. The van der Waals surface area contributed by atoms with Gasteiger partial charge in [-0.15, -0.1) is 0 Å². The predicted molar refractivity (Wildman–Crippen MR) is 73.9 cm³/mol. The summed E-state index contributed by atoms with van der Waals surface area (Å²) in [5, 5.41) is 3.23. The Morgan fingerprint density at radius 2 is 2.11 bits per heavy atom. The van der Waals surface area contributed by atoms with Gasteiger partial charge in [0.15, 0.2) is 0 Å². The molecular weight excluding hydrogens is 230 g/mol. The van der Waals surface area contributed by atoms with Gasteiger partial charge in [0, 0.05) is 19.2 Å².